The standard InChI is InChI=1S/C19H21ClFN3O4S/c20-16-7-6-15(13-17(16)21)23-8-10-24(11-9-23)29(27,28)22-18(19(25)26)12-14-4-2-1-3-5-14/h1-7,13,18,22H,8-12H2,(H,25,26). The van der Waals surface area contributed by atoms with Crippen molar-refractivity contribution in [3.05, 3.63) is 64.9 Å². The monoisotopic (exact) mass is 441 g/mol. The molecule has 1 aliphatic heterocycles. The van der Waals surface area contributed by atoms with E-state index < -0.39 is 28.0 Å². The quantitative estimate of drug-likeness (QED) is 0.687. The van der Waals surface area contributed by atoms with E-state index in [1.54, 1.807) is 36.4 Å². The molecule has 156 valence electrons. The molecular formula is C19H21ClFN3O4S. The predicted molar refractivity (Wildman–Crippen MR) is 109 cm³/mol. The van der Waals surface area contributed by atoms with Gasteiger partial charge in [0.05, 0.1) is 5.02 Å². The third kappa shape index (κ3) is 5.45. The fourth-order valence-corrected chi connectivity index (χ4v) is 4.61. The van der Waals surface area contributed by atoms with Crippen molar-refractivity contribution < 1.29 is 22.7 Å². The average molecular weight is 442 g/mol. The molecule has 1 atom stereocenters. The Hall–Kier alpha value is -2.20. The maximum Gasteiger partial charge on any atom is 0.322 e. The lowest BCUT2D eigenvalue weighted by atomic mass is 10.1. The Labute approximate surface area is 173 Å². The SMILES string of the molecule is O=C(O)C(Cc1ccccc1)NS(=O)(=O)N1CCN(c2ccc(Cl)c(F)c2)CC1. The van der Waals surface area contributed by atoms with Crippen LogP contribution in [0.5, 0.6) is 0 Å². The maximum atomic E-state index is 13.7. The number of nitrogens with one attached hydrogen (secondary N) is 1. The Morgan fingerprint density at radius 1 is 1.14 bits per heavy atom. The van der Waals surface area contributed by atoms with Crippen molar-refractivity contribution in [1.82, 2.24) is 9.03 Å². The molecule has 3 rings (SSSR count). The molecular weight excluding hydrogens is 421 g/mol. The zero-order chi connectivity index (χ0) is 21.0. The highest BCUT2D eigenvalue weighted by Gasteiger charge is 2.31. The smallest absolute Gasteiger partial charge is 0.322 e. The minimum atomic E-state index is -3.99. The van der Waals surface area contributed by atoms with Crippen LogP contribution in [0.25, 0.3) is 0 Å². The number of halogens is 2. The number of carbonyl (C=O) groups is 1. The summed E-state index contributed by atoms with van der Waals surface area (Å²) in [6, 6.07) is 12.0. The molecule has 0 radical (unpaired) electrons. The number of carboxylic acid groups (broad SMARTS) is 1. The normalized spacial score (nSPS) is 16.6. The van der Waals surface area contributed by atoms with Crippen LogP contribution in [0.15, 0.2) is 48.5 Å². The first-order valence-corrected chi connectivity index (χ1v) is 10.8. The first kappa shape index (κ1) is 21.5. The number of aliphatic carboxylic acids is 1. The molecule has 0 bridgehead atoms. The Bertz CT molecular complexity index is 967. The molecule has 0 amide bonds. The first-order chi connectivity index (χ1) is 13.8. The van der Waals surface area contributed by atoms with Crippen molar-refractivity contribution in [2.24, 2.45) is 0 Å². The highest BCUT2D eigenvalue weighted by molar-refractivity contribution is 7.87. The van der Waals surface area contributed by atoms with Crippen molar-refractivity contribution >= 4 is 33.5 Å². The lowest BCUT2D eigenvalue weighted by molar-refractivity contribution is -0.138. The zero-order valence-corrected chi connectivity index (χ0v) is 17.0. The molecule has 0 spiro atoms. The second-order valence-electron chi connectivity index (χ2n) is 6.69. The van der Waals surface area contributed by atoms with Gasteiger partial charge < -0.3 is 10.0 Å². The van der Waals surface area contributed by atoms with Gasteiger partial charge in [0.25, 0.3) is 10.2 Å². The van der Waals surface area contributed by atoms with Crippen LogP contribution in [0.1, 0.15) is 5.56 Å². The second-order valence-corrected chi connectivity index (χ2v) is 8.80. The van der Waals surface area contributed by atoms with E-state index in [2.05, 4.69) is 4.72 Å². The maximum absolute atomic E-state index is 13.7. The minimum Gasteiger partial charge on any atom is -0.480 e. The third-order valence-corrected chi connectivity index (χ3v) is 6.65. The molecule has 2 aromatic carbocycles. The number of rotatable bonds is 7. The third-order valence-electron chi connectivity index (χ3n) is 4.72. The molecule has 2 aromatic rings. The Morgan fingerprint density at radius 2 is 1.79 bits per heavy atom. The van der Waals surface area contributed by atoms with Crippen molar-refractivity contribution in [3.8, 4) is 0 Å². The van der Waals surface area contributed by atoms with E-state index in [1.165, 1.54) is 16.4 Å². The largest absolute Gasteiger partial charge is 0.480 e. The first-order valence-electron chi connectivity index (χ1n) is 9.00. The molecule has 0 aliphatic carbocycles. The van der Waals surface area contributed by atoms with Crippen LogP contribution in [0, 0.1) is 5.82 Å². The summed E-state index contributed by atoms with van der Waals surface area (Å²) in [5.74, 6) is -1.78. The zero-order valence-electron chi connectivity index (χ0n) is 15.5. The van der Waals surface area contributed by atoms with Gasteiger partial charge in [-0.05, 0) is 30.2 Å². The summed E-state index contributed by atoms with van der Waals surface area (Å²) in [4.78, 5) is 13.4. The van der Waals surface area contributed by atoms with Crippen LogP contribution in [0.3, 0.4) is 0 Å². The second kappa shape index (κ2) is 9.08. The van der Waals surface area contributed by atoms with Crippen LogP contribution in [-0.4, -0.2) is 56.0 Å². The van der Waals surface area contributed by atoms with Crippen LogP contribution in [0.2, 0.25) is 5.02 Å². The van der Waals surface area contributed by atoms with E-state index in [0.717, 1.165) is 5.56 Å². The summed E-state index contributed by atoms with van der Waals surface area (Å²) in [6.07, 6.45) is 0.0411. The van der Waals surface area contributed by atoms with Crippen LogP contribution in [-0.2, 0) is 21.4 Å². The van der Waals surface area contributed by atoms with Crippen LogP contribution < -0.4 is 9.62 Å². The van der Waals surface area contributed by atoms with Gasteiger partial charge in [-0.2, -0.15) is 17.4 Å². The van der Waals surface area contributed by atoms with Gasteiger partial charge in [-0.1, -0.05) is 41.9 Å². The predicted octanol–water partition coefficient (Wildman–Crippen LogP) is 2.13. The number of piperazine rings is 1. The fourth-order valence-electron chi connectivity index (χ4n) is 3.15. The molecule has 0 aromatic heterocycles. The van der Waals surface area contributed by atoms with Gasteiger partial charge in [-0.25, -0.2) is 4.39 Å². The molecule has 1 saturated heterocycles. The lowest BCUT2D eigenvalue weighted by Gasteiger charge is -2.35. The van der Waals surface area contributed by atoms with E-state index >= 15 is 0 Å². The van der Waals surface area contributed by atoms with Crippen LogP contribution >= 0.6 is 11.6 Å². The minimum absolute atomic E-state index is 0.0253. The van der Waals surface area contributed by atoms with Crippen molar-refractivity contribution in [2.45, 2.75) is 12.5 Å². The summed E-state index contributed by atoms with van der Waals surface area (Å²) in [5, 5.41) is 9.46. The average Bonchev–Trinajstić information content (AvgIpc) is 2.70. The summed E-state index contributed by atoms with van der Waals surface area (Å²) >= 11 is 5.70. The molecule has 1 fully saturated rings. The molecule has 1 unspecified atom stereocenters. The number of hydrogen-bond donors (Lipinski definition) is 2. The van der Waals surface area contributed by atoms with Crippen molar-refractivity contribution in [1.29, 1.82) is 0 Å². The van der Waals surface area contributed by atoms with Gasteiger partial charge in [-0.3, -0.25) is 4.79 Å². The fraction of sp³-hybridized carbons (Fsp3) is 0.316. The topological polar surface area (TPSA) is 89.9 Å². The Morgan fingerprint density at radius 3 is 2.38 bits per heavy atom. The molecule has 1 heterocycles. The summed E-state index contributed by atoms with van der Waals surface area (Å²) in [5.41, 5.74) is 1.33. The van der Waals surface area contributed by atoms with Gasteiger partial charge in [0, 0.05) is 31.9 Å². The summed E-state index contributed by atoms with van der Waals surface area (Å²) in [6.45, 7) is 0.991. The van der Waals surface area contributed by atoms with E-state index in [1.807, 2.05) is 4.90 Å². The van der Waals surface area contributed by atoms with E-state index in [0.29, 0.717) is 18.8 Å². The summed E-state index contributed by atoms with van der Waals surface area (Å²) < 4.78 is 42.5. The van der Waals surface area contributed by atoms with E-state index in [4.69, 9.17) is 11.6 Å². The van der Waals surface area contributed by atoms with E-state index in [-0.39, 0.29) is 24.5 Å². The van der Waals surface area contributed by atoms with Gasteiger partial charge in [-0.15, -0.1) is 0 Å². The highest BCUT2D eigenvalue weighted by Crippen LogP contribution is 2.23. The van der Waals surface area contributed by atoms with Gasteiger partial charge in [0.1, 0.15) is 11.9 Å². The van der Waals surface area contributed by atoms with Gasteiger partial charge in [0.15, 0.2) is 0 Å². The van der Waals surface area contributed by atoms with Gasteiger partial charge >= 0.3 is 5.97 Å². The number of benzene rings is 2. The lowest BCUT2D eigenvalue weighted by Crippen LogP contribution is -2.55. The molecule has 2 N–H and O–H groups in total. The molecule has 1 aliphatic rings. The molecule has 0 saturated carbocycles. The summed E-state index contributed by atoms with van der Waals surface area (Å²) in [7, 11) is -3.99. The van der Waals surface area contributed by atoms with Crippen molar-refractivity contribution in [2.75, 3.05) is 31.1 Å². The number of carboxylic acids is 1. The molecule has 29 heavy (non-hydrogen) atoms. The number of nitrogens with zero attached hydrogens (tertiary/aromatic N) is 2. The van der Waals surface area contributed by atoms with Crippen LogP contribution in [0.4, 0.5) is 10.1 Å². The highest BCUT2D eigenvalue weighted by atomic mass is 35.5. The Balaban J connectivity index is 1.63. The van der Waals surface area contributed by atoms with Gasteiger partial charge in [0.2, 0.25) is 0 Å². The number of anilines is 1. The molecule has 10 heteroatoms. The Kier molecular flexibility index (Phi) is 6.74. The number of hydrogen-bond acceptors (Lipinski definition) is 4. The van der Waals surface area contributed by atoms with E-state index in [9.17, 15) is 22.7 Å². The van der Waals surface area contributed by atoms with Crippen molar-refractivity contribution in [3.63, 3.8) is 0 Å². The molecule has 7 nitrogen and oxygen atoms in total.